The van der Waals surface area contributed by atoms with Crippen molar-refractivity contribution in [2.75, 3.05) is 33.3 Å². The molecule has 5 rings (SSSR count). The number of nitrogens with zero attached hydrogens (tertiary/aromatic N) is 3. The number of aromatic nitrogens is 2. The number of hydrogen-bond donors (Lipinski definition) is 1. The molecule has 0 aliphatic carbocycles. The molecular weight excluding hydrogens is 316 g/mol. The van der Waals surface area contributed by atoms with E-state index in [1.165, 1.54) is 39.6 Å². The number of hydrogen-bond acceptors (Lipinski definition) is 5. The topological polar surface area (TPSA) is 59.4 Å². The van der Waals surface area contributed by atoms with Crippen LogP contribution in [-0.2, 0) is 11.3 Å². The number of carbonyl (C=O) groups is 1. The Labute approximate surface area is 148 Å². The standard InChI is InChI=1S/C19H26N4O2/c1-13-21-16-5-3-4-15(19(24)25-2)18(16)23(13)11-8-20-17-12-22-9-6-14(17)7-10-22/h3-5,14,17,20H,6-12H2,1-2H3/t17-/m0/s1. The second-order valence-electron chi connectivity index (χ2n) is 7.17. The molecule has 2 aromatic rings. The molecular formula is C19H26N4O2. The quantitative estimate of drug-likeness (QED) is 0.840. The number of esters is 1. The van der Waals surface area contributed by atoms with Gasteiger partial charge in [0, 0.05) is 25.7 Å². The van der Waals surface area contributed by atoms with Gasteiger partial charge in [-0.05, 0) is 50.9 Å². The van der Waals surface area contributed by atoms with Crippen molar-refractivity contribution in [1.82, 2.24) is 19.8 Å². The minimum absolute atomic E-state index is 0.308. The van der Waals surface area contributed by atoms with E-state index in [4.69, 9.17) is 4.74 Å². The lowest BCUT2D eigenvalue weighted by Gasteiger charge is -2.45. The highest BCUT2D eigenvalue weighted by Gasteiger charge is 2.33. The van der Waals surface area contributed by atoms with Gasteiger partial charge in [-0.3, -0.25) is 0 Å². The van der Waals surface area contributed by atoms with E-state index in [1.54, 1.807) is 0 Å². The molecule has 3 aliphatic rings. The van der Waals surface area contributed by atoms with Crippen LogP contribution < -0.4 is 5.32 Å². The first-order valence-electron chi connectivity index (χ1n) is 9.17. The van der Waals surface area contributed by atoms with Gasteiger partial charge in [-0.15, -0.1) is 0 Å². The Morgan fingerprint density at radius 1 is 1.36 bits per heavy atom. The molecule has 6 nitrogen and oxygen atoms in total. The minimum atomic E-state index is -0.308. The molecule has 3 aliphatic heterocycles. The zero-order valence-corrected chi connectivity index (χ0v) is 15.0. The van der Waals surface area contributed by atoms with E-state index in [1.807, 2.05) is 25.1 Å². The lowest BCUT2D eigenvalue weighted by molar-refractivity contribution is 0.0602. The number of ether oxygens (including phenoxy) is 1. The molecule has 0 amide bonds. The fourth-order valence-corrected chi connectivity index (χ4v) is 4.41. The van der Waals surface area contributed by atoms with Crippen LogP contribution in [0.15, 0.2) is 18.2 Å². The van der Waals surface area contributed by atoms with Crippen molar-refractivity contribution in [3.8, 4) is 0 Å². The van der Waals surface area contributed by atoms with Crippen molar-refractivity contribution in [3.05, 3.63) is 29.6 Å². The normalized spacial score (nSPS) is 25.4. The van der Waals surface area contributed by atoms with Gasteiger partial charge in [0.15, 0.2) is 0 Å². The first-order chi connectivity index (χ1) is 12.2. The van der Waals surface area contributed by atoms with Crippen LogP contribution in [0.25, 0.3) is 11.0 Å². The number of aryl methyl sites for hydroxylation is 1. The van der Waals surface area contributed by atoms with Crippen LogP contribution in [0.5, 0.6) is 0 Å². The van der Waals surface area contributed by atoms with E-state index in [2.05, 4.69) is 19.8 Å². The lowest BCUT2D eigenvalue weighted by atomic mass is 9.84. The number of carbonyl (C=O) groups excluding carboxylic acids is 1. The van der Waals surface area contributed by atoms with Crippen LogP contribution >= 0.6 is 0 Å². The van der Waals surface area contributed by atoms with Gasteiger partial charge >= 0.3 is 5.97 Å². The fraction of sp³-hybridized carbons (Fsp3) is 0.579. The molecule has 134 valence electrons. The number of imidazole rings is 1. The Morgan fingerprint density at radius 2 is 2.16 bits per heavy atom. The van der Waals surface area contributed by atoms with Gasteiger partial charge in [0.25, 0.3) is 0 Å². The van der Waals surface area contributed by atoms with Crippen molar-refractivity contribution in [2.45, 2.75) is 32.4 Å². The third-order valence-electron chi connectivity index (χ3n) is 5.76. The van der Waals surface area contributed by atoms with Crippen LogP contribution in [-0.4, -0.2) is 59.8 Å². The maximum atomic E-state index is 12.1. The van der Waals surface area contributed by atoms with Crippen molar-refractivity contribution >= 4 is 17.0 Å². The predicted octanol–water partition coefficient (Wildman–Crippen LogP) is 1.82. The summed E-state index contributed by atoms with van der Waals surface area (Å²) in [4.78, 5) is 19.3. The smallest absolute Gasteiger partial charge is 0.340 e. The summed E-state index contributed by atoms with van der Waals surface area (Å²) >= 11 is 0. The van der Waals surface area contributed by atoms with Crippen LogP contribution in [0.1, 0.15) is 29.0 Å². The summed E-state index contributed by atoms with van der Waals surface area (Å²) < 4.78 is 7.08. The van der Waals surface area contributed by atoms with Gasteiger partial charge < -0.3 is 19.5 Å². The summed E-state index contributed by atoms with van der Waals surface area (Å²) in [6, 6.07) is 6.22. The molecule has 1 aromatic carbocycles. The molecule has 4 heterocycles. The highest BCUT2D eigenvalue weighted by Crippen LogP contribution is 2.27. The highest BCUT2D eigenvalue weighted by molar-refractivity contribution is 6.02. The summed E-state index contributed by atoms with van der Waals surface area (Å²) in [6.07, 6.45) is 2.63. The first kappa shape index (κ1) is 16.5. The molecule has 1 N–H and O–H groups in total. The molecule has 0 radical (unpaired) electrons. The predicted molar refractivity (Wildman–Crippen MR) is 96.8 cm³/mol. The van der Waals surface area contributed by atoms with Gasteiger partial charge in [-0.2, -0.15) is 0 Å². The van der Waals surface area contributed by atoms with Crippen LogP contribution in [0.4, 0.5) is 0 Å². The minimum Gasteiger partial charge on any atom is -0.465 e. The molecule has 0 unspecified atom stereocenters. The number of piperidine rings is 3. The summed E-state index contributed by atoms with van der Waals surface area (Å²) in [5.41, 5.74) is 2.31. The molecule has 2 bridgehead atoms. The van der Waals surface area contributed by atoms with Gasteiger partial charge in [0.1, 0.15) is 5.82 Å². The summed E-state index contributed by atoms with van der Waals surface area (Å²) in [5, 5.41) is 3.74. The Kier molecular flexibility index (Phi) is 4.48. The van der Waals surface area contributed by atoms with Crippen LogP contribution in [0, 0.1) is 12.8 Å². The molecule has 1 atom stereocenters. The molecule has 6 heteroatoms. The summed E-state index contributed by atoms with van der Waals surface area (Å²) in [6.45, 7) is 7.38. The average molecular weight is 342 g/mol. The average Bonchev–Trinajstić information content (AvgIpc) is 2.97. The third-order valence-corrected chi connectivity index (χ3v) is 5.76. The van der Waals surface area contributed by atoms with Gasteiger partial charge in [-0.1, -0.05) is 6.07 Å². The third kappa shape index (κ3) is 3.04. The van der Waals surface area contributed by atoms with E-state index >= 15 is 0 Å². The molecule has 1 aromatic heterocycles. The van der Waals surface area contributed by atoms with Crippen molar-refractivity contribution < 1.29 is 9.53 Å². The zero-order valence-electron chi connectivity index (χ0n) is 15.0. The number of methoxy groups -OCH3 is 1. The Bertz CT molecular complexity index is 777. The Balaban J connectivity index is 1.51. The summed E-state index contributed by atoms with van der Waals surface area (Å²) in [7, 11) is 1.42. The first-order valence-corrected chi connectivity index (χ1v) is 9.17. The van der Waals surface area contributed by atoms with E-state index in [0.717, 1.165) is 35.9 Å². The van der Waals surface area contributed by atoms with E-state index in [0.29, 0.717) is 11.6 Å². The number of para-hydroxylation sites is 1. The molecule has 25 heavy (non-hydrogen) atoms. The second-order valence-corrected chi connectivity index (χ2v) is 7.17. The van der Waals surface area contributed by atoms with Crippen LogP contribution in [0.2, 0.25) is 0 Å². The largest absolute Gasteiger partial charge is 0.465 e. The lowest BCUT2D eigenvalue weighted by Crippen LogP contribution is -2.56. The van der Waals surface area contributed by atoms with Crippen molar-refractivity contribution in [2.24, 2.45) is 5.92 Å². The maximum Gasteiger partial charge on any atom is 0.340 e. The van der Waals surface area contributed by atoms with Crippen molar-refractivity contribution in [3.63, 3.8) is 0 Å². The van der Waals surface area contributed by atoms with E-state index in [9.17, 15) is 4.79 Å². The SMILES string of the molecule is COC(=O)c1cccc2nc(C)n(CCN[C@H]3CN4CCC3CC4)c12. The Morgan fingerprint density at radius 3 is 2.84 bits per heavy atom. The van der Waals surface area contributed by atoms with Crippen LogP contribution in [0.3, 0.4) is 0 Å². The molecule has 3 fully saturated rings. The van der Waals surface area contributed by atoms with Gasteiger partial charge in [0.2, 0.25) is 0 Å². The zero-order chi connectivity index (χ0) is 17.4. The monoisotopic (exact) mass is 342 g/mol. The Hall–Kier alpha value is -1.92. The highest BCUT2D eigenvalue weighted by atomic mass is 16.5. The fourth-order valence-electron chi connectivity index (χ4n) is 4.41. The van der Waals surface area contributed by atoms with Gasteiger partial charge in [-0.25, -0.2) is 9.78 Å². The van der Waals surface area contributed by atoms with E-state index < -0.39 is 0 Å². The van der Waals surface area contributed by atoms with Gasteiger partial charge in [0.05, 0.1) is 23.7 Å². The summed E-state index contributed by atoms with van der Waals surface area (Å²) in [5.74, 6) is 1.44. The molecule has 3 saturated heterocycles. The molecule has 0 saturated carbocycles. The number of benzene rings is 1. The number of fused-ring (bicyclic) bond motifs is 4. The number of nitrogens with one attached hydrogen (secondary N) is 1. The van der Waals surface area contributed by atoms with Crippen molar-refractivity contribution in [1.29, 1.82) is 0 Å². The second kappa shape index (κ2) is 6.77. The molecule has 0 spiro atoms. The van der Waals surface area contributed by atoms with E-state index in [-0.39, 0.29) is 5.97 Å². The number of rotatable bonds is 5. The maximum absolute atomic E-state index is 12.1.